The Labute approximate surface area is 250 Å². The lowest BCUT2D eigenvalue weighted by Crippen LogP contribution is -2.45. The molecule has 1 aliphatic heterocycles. The Morgan fingerprint density at radius 3 is 1.98 bits per heavy atom. The predicted octanol–water partition coefficient (Wildman–Crippen LogP) is 3.16. The van der Waals surface area contributed by atoms with Crippen LogP contribution in [0.2, 0.25) is 0 Å². The topological polar surface area (TPSA) is 173 Å². The fraction of sp³-hybridized carbons (Fsp3) is 0.621. The molecule has 4 rings (SSSR count). The summed E-state index contributed by atoms with van der Waals surface area (Å²) in [6.07, 6.45) is -2.68. The number of amides is 4. The molecular weight excluding hydrogens is 569 g/mol. The highest BCUT2D eigenvalue weighted by atomic mass is 19.4. The van der Waals surface area contributed by atoms with Gasteiger partial charge in [-0.15, -0.1) is 0 Å². The number of primary amides is 2. The molecule has 43 heavy (non-hydrogen) atoms. The highest BCUT2D eigenvalue weighted by Gasteiger charge is 2.62. The normalized spacial score (nSPS) is 18.3. The van der Waals surface area contributed by atoms with E-state index in [1.54, 1.807) is 24.3 Å². The molecule has 11 nitrogen and oxygen atoms in total. The largest absolute Gasteiger partial charge is 0.386 e. The summed E-state index contributed by atoms with van der Waals surface area (Å²) in [5.41, 5.74) is 10.9. The fourth-order valence-corrected chi connectivity index (χ4v) is 4.68. The monoisotopic (exact) mass is 616 g/mol. The maximum absolute atomic E-state index is 12.0. The number of hydrogen-bond donors (Lipinski definition) is 4. The molecule has 244 valence electrons. The molecule has 2 fully saturated rings. The van der Waals surface area contributed by atoms with E-state index < -0.39 is 18.1 Å². The van der Waals surface area contributed by atoms with Crippen LogP contribution in [0.4, 0.5) is 13.2 Å². The number of alkyl halides is 3. The van der Waals surface area contributed by atoms with E-state index in [2.05, 4.69) is 55.6 Å². The summed E-state index contributed by atoms with van der Waals surface area (Å²) in [5, 5.41) is 2.28. The van der Waals surface area contributed by atoms with Gasteiger partial charge >= 0.3 is 11.9 Å². The van der Waals surface area contributed by atoms with Gasteiger partial charge in [-0.25, -0.2) is 4.79 Å². The van der Waals surface area contributed by atoms with E-state index in [4.69, 9.17) is 10.5 Å². The van der Waals surface area contributed by atoms with Crippen molar-refractivity contribution in [1.82, 2.24) is 19.8 Å². The van der Waals surface area contributed by atoms with Gasteiger partial charge in [-0.2, -0.15) is 13.2 Å². The summed E-state index contributed by atoms with van der Waals surface area (Å²) in [5.74, 6) is 1.22. The Bertz CT molecular complexity index is 1230. The zero-order valence-corrected chi connectivity index (χ0v) is 26.2. The number of nitrogens with two attached hydrogens (primary N) is 2. The van der Waals surface area contributed by atoms with Crippen LogP contribution in [-0.4, -0.2) is 64.4 Å². The molecule has 1 aliphatic carbocycles. The first kappa shape index (κ1) is 39.2. The molecule has 2 aromatic rings. The molecule has 6 N–H and O–H groups in total. The number of fused-ring (bicyclic) bond motifs is 2. The molecule has 2 heterocycles. The van der Waals surface area contributed by atoms with Crippen molar-refractivity contribution in [1.29, 1.82) is 0 Å². The van der Waals surface area contributed by atoms with Crippen molar-refractivity contribution in [3.63, 3.8) is 0 Å². The number of hydrogen-bond acceptors (Lipinski definition) is 5. The molecule has 2 aliphatic rings. The number of benzene rings is 1. The molecule has 1 saturated heterocycles. The first-order chi connectivity index (χ1) is 19.8. The van der Waals surface area contributed by atoms with E-state index in [0.29, 0.717) is 35.2 Å². The predicted molar refractivity (Wildman–Crippen MR) is 159 cm³/mol. The van der Waals surface area contributed by atoms with Gasteiger partial charge in [-0.3, -0.25) is 23.7 Å². The summed E-state index contributed by atoms with van der Waals surface area (Å²) in [7, 11) is 0. The van der Waals surface area contributed by atoms with Crippen LogP contribution < -0.4 is 22.5 Å². The summed E-state index contributed by atoms with van der Waals surface area (Å²) in [4.78, 5) is 58.5. The van der Waals surface area contributed by atoms with Crippen molar-refractivity contribution in [2.24, 2.45) is 34.1 Å². The van der Waals surface area contributed by atoms with Crippen LogP contribution in [0.5, 0.6) is 0 Å². The van der Waals surface area contributed by atoms with Crippen LogP contribution in [0, 0.1) is 22.7 Å². The van der Waals surface area contributed by atoms with Crippen molar-refractivity contribution < 1.29 is 32.3 Å². The summed E-state index contributed by atoms with van der Waals surface area (Å²) in [6, 6.07) is 6.14. The van der Waals surface area contributed by atoms with E-state index in [1.165, 1.54) is 4.57 Å². The molecule has 4 amide bonds. The Morgan fingerprint density at radius 1 is 1.09 bits per heavy atom. The lowest BCUT2D eigenvalue weighted by atomic mass is 9.91. The molecule has 0 bridgehead atoms. The van der Waals surface area contributed by atoms with E-state index in [0.717, 1.165) is 24.9 Å². The average molecular weight is 617 g/mol. The lowest BCUT2D eigenvalue weighted by molar-refractivity contribution is -0.133. The number of rotatable bonds is 6. The highest BCUT2D eigenvalue weighted by molar-refractivity contribution is 5.82. The number of piperidine rings is 1. The van der Waals surface area contributed by atoms with Gasteiger partial charge in [0.1, 0.15) is 6.04 Å². The Morgan fingerprint density at radius 2 is 1.56 bits per heavy atom. The van der Waals surface area contributed by atoms with Gasteiger partial charge in [0.05, 0.1) is 17.6 Å². The smallest absolute Gasteiger partial charge is 0.372 e. The number of likely N-dealkylation sites (tertiary alicyclic amines) is 1. The van der Waals surface area contributed by atoms with Crippen LogP contribution in [0.25, 0.3) is 11.0 Å². The van der Waals surface area contributed by atoms with Crippen molar-refractivity contribution in [2.75, 3.05) is 13.1 Å². The second-order valence-electron chi connectivity index (χ2n) is 11.8. The van der Waals surface area contributed by atoms with Crippen molar-refractivity contribution in [3.05, 3.63) is 34.7 Å². The molecule has 0 radical (unpaired) electrons. The van der Waals surface area contributed by atoms with Crippen molar-refractivity contribution >= 4 is 35.7 Å². The maximum atomic E-state index is 12.0. The van der Waals surface area contributed by atoms with Gasteiger partial charge in [0, 0.05) is 26.4 Å². The summed E-state index contributed by atoms with van der Waals surface area (Å²) in [6.45, 7) is 17.2. The number of halogens is 3. The molecule has 14 heteroatoms. The van der Waals surface area contributed by atoms with Crippen LogP contribution in [0.15, 0.2) is 29.1 Å². The average Bonchev–Trinajstić information content (AvgIpc) is 3.22. The van der Waals surface area contributed by atoms with Gasteiger partial charge in [-0.1, -0.05) is 60.6 Å². The second-order valence-corrected chi connectivity index (χ2v) is 11.8. The van der Waals surface area contributed by atoms with Crippen molar-refractivity contribution in [2.45, 2.75) is 80.6 Å². The number of carbonyl (C=O) groups is 4. The minimum absolute atomic E-state index is 0.00306. The maximum Gasteiger partial charge on any atom is 0.386 e. The third-order valence-corrected chi connectivity index (χ3v) is 6.82. The third-order valence-electron chi connectivity index (χ3n) is 6.82. The lowest BCUT2D eigenvalue weighted by Gasteiger charge is -2.26. The number of para-hydroxylation sites is 2. The van der Waals surface area contributed by atoms with Crippen LogP contribution >= 0.6 is 0 Å². The van der Waals surface area contributed by atoms with E-state index in [9.17, 15) is 32.3 Å². The molecule has 3 atom stereocenters. The molecular formula is C29H47F3N6O5. The SMILES string of the molecule is CC.CC(C)(C)CC(=O)N1CC2C(C1)C2(C)C.CC(F)(F)F.NC(=O)C(Cn1c(=O)[nH]c2ccccc21)NC=O.NC=O. The van der Waals surface area contributed by atoms with Gasteiger partial charge < -0.3 is 26.7 Å². The number of nitrogens with one attached hydrogen (secondary N) is 2. The Balaban J connectivity index is 0.000000635. The first-order valence-corrected chi connectivity index (χ1v) is 13.9. The third kappa shape index (κ3) is 13.3. The second kappa shape index (κ2) is 16.7. The quantitative estimate of drug-likeness (QED) is 0.364. The summed E-state index contributed by atoms with van der Waals surface area (Å²) < 4.78 is 32.4. The molecule has 0 spiro atoms. The Hall–Kier alpha value is -3.84. The number of H-pyrrole nitrogens is 1. The van der Waals surface area contributed by atoms with Crippen LogP contribution in [-0.2, 0) is 25.7 Å². The van der Waals surface area contributed by atoms with E-state index >= 15 is 0 Å². The van der Waals surface area contributed by atoms with Crippen LogP contribution in [0.1, 0.15) is 61.8 Å². The number of imidazole rings is 1. The fourth-order valence-electron chi connectivity index (χ4n) is 4.68. The first-order valence-electron chi connectivity index (χ1n) is 13.9. The van der Waals surface area contributed by atoms with Gasteiger partial charge in [-0.05, 0) is 34.8 Å². The van der Waals surface area contributed by atoms with E-state index in [1.807, 2.05) is 13.8 Å². The summed E-state index contributed by atoms with van der Waals surface area (Å²) >= 11 is 0. The number of aromatic nitrogens is 2. The zero-order valence-electron chi connectivity index (χ0n) is 26.2. The highest BCUT2D eigenvalue weighted by Crippen LogP contribution is 2.62. The molecule has 1 aromatic heterocycles. The van der Waals surface area contributed by atoms with Gasteiger partial charge in [0.25, 0.3) is 0 Å². The molecule has 1 aromatic carbocycles. The molecule has 3 unspecified atom stereocenters. The van der Waals surface area contributed by atoms with Crippen molar-refractivity contribution in [3.8, 4) is 0 Å². The molecule has 1 saturated carbocycles. The zero-order chi connectivity index (χ0) is 33.8. The van der Waals surface area contributed by atoms with Gasteiger partial charge in [0.2, 0.25) is 24.6 Å². The van der Waals surface area contributed by atoms with Crippen LogP contribution in [0.3, 0.4) is 0 Å². The van der Waals surface area contributed by atoms with Gasteiger partial charge in [0.15, 0.2) is 0 Å². The number of carbonyl (C=O) groups excluding carboxylic acids is 4. The number of aromatic amines is 1. The Kier molecular flexibility index (Phi) is 15.2. The number of nitrogens with zero attached hydrogens (tertiary/aromatic N) is 2. The minimum Gasteiger partial charge on any atom is -0.372 e. The standard InChI is InChI=1S/C13H23NO.C11H12N4O3.C2H3F3.C2H6.CH3NO/c1-12(2,3)6-11(15)14-7-9-10(8-14)13(9,4)5;12-10(17)8(13-6-16)5-15-9-4-2-1-3-7(9)14-11(15)18;1-2(3,4)5;1-2;2-1-3/h9-10H,6-8H2,1-5H3;1-4,6,8H,5H2,(H2,12,17)(H,13,16)(H,14,18);1H3;1-2H3;1H,(H2,2,3). The van der Waals surface area contributed by atoms with E-state index in [-0.39, 0.29) is 31.0 Å². The minimum atomic E-state index is -4.00.